The number of rotatable bonds is 9. The van der Waals surface area contributed by atoms with Crippen molar-refractivity contribution >= 4 is 12.1 Å². The maximum Gasteiger partial charge on any atom is 0.543 e. The van der Waals surface area contributed by atoms with Crippen LogP contribution in [0, 0.1) is 6.92 Å². The van der Waals surface area contributed by atoms with Crippen LogP contribution in [0.25, 0.3) is 0 Å². The number of hydrogen-bond acceptors (Lipinski definition) is 7. The third kappa shape index (κ3) is 7.61. The van der Waals surface area contributed by atoms with Crippen molar-refractivity contribution in [2.75, 3.05) is 19.8 Å². The van der Waals surface area contributed by atoms with Gasteiger partial charge in [0.25, 0.3) is 0 Å². The summed E-state index contributed by atoms with van der Waals surface area (Å²) in [7, 11) is 0. The Morgan fingerprint density at radius 3 is 2.41 bits per heavy atom. The monoisotopic (exact) mass is 312 g/mol. The van der Waals surface area contributed by atoms with Crippen LogP contribution >= 0.6 is 0 Å². The fourth-order valence-corrected chi connectivity index (χ4v) is 1.37. The van der Waals surface area contributed by atoms with Crippen LogP contribution in [0.5, 0.6) is 0 Å². The maximum absolute atomic E-state index is 11.5. The molecule has 0 spiro atoms. The standard InChI is InChI=1S/C15H20O7/c1-3-4-9-18-10-11-19-15(17)21-22-20-14(16)13-7-5-12(2)6-8-13/h5-8H,3-4,9-11H2,1-2H3. The van der Waals surface area contributed by atoms with Crippen LogP contribution in [0.15, 0.2) is 24.3 Å². The molecule has 22 heavy (non-hydrogen) atoms. The van der Waals surface area contributed by atoms with Gasteiger partial charge in [0.2, 0.25) is 0 Å². The third-order valence-corrected chi connectivity index (χ3v) is 2.59. The van der Waals surface area contributed by atoms with E-state index in [0.717, 1.165) is 18.4 Å². The summed E-state index contributed by atoms with van der Waals surface area (Å²) in [5.41, 5.74) is 1.27. The Hall–Kier alpha value is -2.12. The van der Waals surface area contributed by atoms with Gasteiger partial charge in [-0.2, -0.15) is 0 Å². The lowest BCUT2D eigenvalue weighted by atomic mass is 10.2. The Bertz CT molecular complexity index is 455. The van der Waals surface area contributed by atoms with Crippen molar-refractivity contribution in [1.29, 1.82) is 0 Å². The Labute approximate surface area is 128 Å². The van der Waals surface area contributed by atoms with Crippen molar-refractivity contribution in [2.24, 2.45) is 0 Å². The van der Waals surface area contributed by atoms with E-state index in [1.807, 2.05) is 13.8 Å². The van der Waals surface area contributed by atoms with Gasteiger partial charge >= 0.3 is 12.1 Å². The summed E-state index contributed by atoms with van der Waals surface area (Å²) in [5.74, 6) is -0.782. The zero-order valence-corrected chi connectivity index (χ0v) is 12.7. The van der Waals surface area contributed by atoms with Gasteiger partial charge in [0, 0.05) is 6.61 Å². The summed E-state index contributed by atoms with van der Waals surface area (Å²) < 4.78 is 9.80. The summed E-state index contributed by atoms with van der Waals surface area (Å²) in [6.07, 6.45) is 0.863. The Kier molecular flexibility index (Phi) is 8.63. The van der Waals surface area contributed by atoms with Gasteiger partial charge in [0.05, 0.1) is 17.2 Å². The first kappa shape index (κ1) is 17.9. The van der Waals surface area contributed by atoms with E-state index in [9.17, 15) is 9.59 Å². The molecule has 0 aliphatic rings. The molecule has 0 heterocycles. The van der Waals surface area contributed by atoms with E-state index >= 15 is 0 Å². The van der Waals surface area contributed by atoms with Crippen molar-refractivity contribution in [3.05, 3.63) is 35.4 Å². The fraction of sp³-hybridized carbons (Fsp3) is 0.467. The molecular weight excluding hydrogens is 292 g/mol. The predicted molar refractivity (Wildman–Crippen MR) is 75.8 cm³/mol. The summed E-state index contributed by atoms with van der Waals surface area (Å²) in [5, 5.41) is 4.07. The second-order valence-corrected chi connectivity index (χ2v) is 4.45. The van der Waals surface area contributed by atoms with E-state index in [2.05, 4.69) is 19.6 Å². The van der Waals surface area contributed by atoms with E-state index in [4.69, 9.17) is 4.74 Å². The number of aryl methyl sites for hydroxylation is 1. The van der Waals surface area contributed by atoms with E-state index in [-0.39, 0.29) is 18.8 Å². The van der Waals surface area contributed by atoms with Crippen molar-refractivity contribution < 1.29 is 33.9 Å². The minimum absolute atomic E-state index is 0.0256. The van der Waals surface area contributed by atoms with Crippen LogP contribution in [-0.4, -0.2) is 31.9 Å². The van der Waals surface area contributed by atoms with Crippen molar-refractivity contribution in [1.82, 2.24) is 0 Å². The summed E-state index contributed by atoms with van der Waals surface area (Å²) in [4.78, 5) is 31.0. The molecule has 0 saturated carbocycles. The lowest BCUT2D eigenvalue weighted by molar-refractivity contribution is -0.452. The third-order valence-electron chi connectivity index (χ3n) is 2.59. The molecule has 0 aliphatic carbocycles. The van der Waals surface area contributed by atoms with Crippen molar-refractivity contribution in [2.45, 2.75) is 26.7 Å². The van der Waals surface area contributed by atoms with Gasteiger partial charge in [0.1, 0.15) is 6.61 Å². The molecule has 0 unspecified atom stereocenters. The molecule has 1 aromatic carbocycles. The molecule has 122 valence electrons. The first-order chi connectivity index (χ1) is 10.6. The smallest absolute Gasteiger partial charge is 0.430 e. The molecule has 0 radical (unpaired) electrons. The number of carbonyl (C=O) groups is 2. The number of hydrogen-bond donors (Lipinski definition) is 0. The number of carbonyl (C=O) groups excluding carboxylic acids is 2. The van der Waals surface area contributed by atoms with E-state index in [1.54, 1.807) is 24.3 Å². The first-order valence-corrected chi connectivity index (χ1v) is 7.00. The summed E-state index contributed by atoms with van der Waals surface area (Å²) in [6, 6.07) is 6.61. The molecule has 0 aliphatic heterocycles. The Balaban J connectivity index is 2.09. The van der Waals surface area contributed by atoms with Gasteiger partial charge < -0.3 is 9.47 Å². The zero-order chi connectivity index (χ0) is 16.2. The van der Waals surface area contributed by atoms with E-state index in [0.29, 0.717) is 6.61 Å². The van der Waals surface area contributed by atoms with Crippen LogP contribution < -0.4 is 0 Å². The van der Waals surface area contributed by atoms with E-state index < -0.39 is 12.1 Å². The van der Waals surface area contributed by atoms with Gasteiger partial charge in [-0.3, -0.25) is 4.89 Å². The Morgan fingerprint density at radius 1 is 1.00 bits per heavy atom. The topological polar surface area (TPSA) is 80.3 Å². The number of unbranched alkanes of at least 4 members (excludes halogenated alkanes) is 1. The molecule has 0 aromatic heterocycles. The average molecular weight is 312 g/mol. The minimum atomic E-state index is -1.12. The molecule has 7 nitrogen and oxygen atoms in total. The molecule has 0 bridgehead atoms. The largest absolute Gasteiger partial charge is 0.543 e. The number of benzene rings is 1. The lowest BCUT2D eigenvalue weighted by Gasteiger charge is -2.05. The maximum atomic E-state index is 11.5. The molecule has 1 aromatic rings. The van der Waals surface area contributed by atoms with Crippen molar-refractivity contribution in [3.63, 3.8) is 0 Å². The second kappa shape index (κ2) is 10.6. The molecule has 7 heteroatoms. The van der Waals surface area contributed by atoms with Gasteiger partial charge in [-0.25, -0.2) is 14.5 Å². The SMILES string of the molecule is CCCCOCCOC(=O)OOOC(=O)c1ccc(C)cc1. The highest BCUT2D eigenvalue weighted by Crippen LogP contribution is 2.05. The van der Waals surface area contributed by atoms with Crippen molar-refractivity contribution in [3.8, 4) is 0 Å². The van der Waals surface area contributed by atoms with Crippen LogP contribution in [0.4, 0.5) is 4.79 Å². The van der Waals surface area contributed by atoms with Gasteiger partial charge in [-0.1, -0.05) is 31.0 Å². The first-order valence-electron chi connectivity index (χ1n) is 7.00. The van der Waals surface area contributed by atoms with E-state index in [1.165, 1.54) is 0 Å². The summed E-state index contributed by atoms with van der Waals surface area (Å²) in [6.45, 7) is 4.83. The normalized spacial score (nSPS) is 10.1. The van der Waals surface area contributed by atoms with Gasteiger partial charge in [-0.05, 0) is 25.5 Å². The molecule has 0 N–H and O–H groups in total. The van der Waals surface area contributed by atoms with Crippen LogP contribution in [0.1, 0.15) is 35.7 Å². The van der Waals surface area contributed by atoms with Gasteiger partial charge in [-0.15, -0.1) is 0 Å². The quantitative estimate of drug-likeness (QED) is 0.300. The molecule has 0 fully saturated rings. The van der Waals surface area contributed by atoms with Crippen LogP contribution in [-0.2, 0) is 24.3 Å². The highest BCUT2D eigenvalue weighted by atomic mass is 17.5. The van der Waals surface area contributed by atoms with Gasteiger partial charge in [0.15, 0.2) is 0 Å². The minimum Gasteiger partial charge on any atom is -0.430 e. The lowest BCUT2D eigenvalue weighted by Crippen LogP contribution is -2.14. The molecular formula is C15H20O7. The molecule has 1 rings (SSSR count). The molecule has 0 saturated heterocycles. The van der Waals surface area contributed by atoms with Crippen LogP contribution in [0.3, 0.4) is 0 Å². The highest BCUT2D eigenvalue weighted by molar-refractivity contribution is 5.88. The van der Waals surface area contributed by atoms with Crippen LogP contribution in [0.2, 0.25) is 0 Å². The zero-order valence-electron chi connectivity index (χ0n) is 12.7. The molecule has 0 amide bonds. The highest BCUT2D eigenvalue weighted by Gasteiger charge is 2.11. The average Bonchev–Trinajstić information content (AvgIpc) is 2.51. The Morgan fingerprint density at radius 2 is 1.73 bits per heavy atom. The molecule has 0 atom stereocenters. The second-order valence-electron chi connectivity index (χ2n) is 4.45. The summed E-state index contributed by atoms with van der Waals surface area (Å²) >= 11 is 0. The number of ether oxygens (including phenoxy) is 2. The fourth-order valence-electron chi connectivity index (χ4n) is 1.37. The predicted octanol–water partition coefficient (Wildman–Crippen LogP) is 2.97.